The van der Waals surface area contributed by atoms with E-state index in [-0.39, 0.29) is 25.7 Å². The summed E-state index contributed by atoms with van der Waals surface area (Å²) in [4.78, 5) is 13.1. The summed E-state index contributed by atoms with van der Waals surface area (Å²) in [5, 5.41) is 18.0. The Labute approximate surface area is 110 Å². The topological polar surface area (TPSA) is 82.8 Å². The number of carbonyl (C=O) groups is 1. The van der Waals surface area contributed by atoms with Gasteiger partial charge in [0, 0.05) is 0 Å². The Morgan fingerprint density at radius 3 is 3.00 bits per heavy atom. The van der Waals surface area contributed by atoms with E-state index in [1.165, 1.54) is 4.90 Å². The van der Waals surface area contributed by atoms with Crippen molar-refractivity contribution in [3.63, 3.8) is 0 Å². The van der Waals surface area contributed by atoms with Crippen molar-refractivity contribution in [2.24, 2.45) is 0 Å². The quantitative estimate of drug-likeness (QED) is 0.812. The first-order valence-electron chi connectivity index (χ1n) is 5.92. The van der Waals surface area contributed by atoms with Gasteiger partial charge in [-0.05, 0) is 24.6 Å². The molecule has 1 aromatic rings. The van der Waals surface area contributed by atoms with Crippen molar-refractivity contribution in [3.05, 3.63) is 17.7 Å². The van der Waals surface area contributed by atoms with Crippen molar-refractivity contribution in [1.82, 2.24) is 0 Å². The van der Waals surface area contributed by atoms with E-state index in [2.05, 4.69) is 0 Å². The summed E-state index contributed by atoms with van der Waals surface area (Å²) >= 11 is 0. The van der Waals surface area contributed by atoms with Crippen LogP contribution in [0.3, 0.4) is 0 Å². The standard InChI is InChI=1S/C13H14N2O4/c1-2-18-11-6-9(7-16)5-10-13(11)19-8-12(17)15(10)4-3-14/h5-6,16H,2,4,7-8H2,1H3. The Morgan fingerprint density at radius 2 is 2.37 bits per heavy atom. The molecule has 2 rings (SSSR count). The van der Waals surface area contributed by atoms with E-state index >= 15 is 0 Å². The van der Waals surface area contributed by atoms with Crippen molar-refractivity contribution in [3.8, 4) is 17.6 Å². The lowest BCUT2D eigenvalue weighted by Crippen LogP contribution is -2.39. The lowest BCUT2D eigenvalue weighted by Gasteiger charge is -2.29. The number of nitriles is 1. The summed E-state index contributed by atoms with van der Waals surface area (Å²) in [5.74, 6) is 0.625. The van der Waals surface area contributed by atoms with Gasteiger partial charge in [0.05, 0.1) is 25.0 Å². The first-order valence-corrected chi connectivity index (χ1v) is 5.92. The number of benzene rings is 1. The number of hydrogen-bond donors (Lipinski definition) is 1. The van der Waals surface area contributed by atoms with Gasteiger partial charge in [-0.25, -0.2) is 0 Å². The summed E-state index contributed by atoms with van der Waals surface area (Å²) in [6.45, 7) is 1.92. The van der Waals surface area contributed by atoms with Crippen LogP contribution in [0.15, 0.2) is 12.1 Å². The van der Waals surface area contributed by atoms with Gasteiger partial charge < -0.3 is 14.6 Å². The monoisotopic (exact) mass is 262 g/mol. The summed E-state index contributed by atoms with van der Waals surface area (Å²) < 4.78 is 10.8. The third-order valence-corrected chi connectivity index (χ3v) is 2.74. The summed E-state index contributed by atoms with van der Waals surface area (Å²) in [7, 11) is 0. The molecule has 0 aliphatic carbocycles. The summed E-state index contributed by atoms with van der Waals surface area (Å²) in [6, 6.07) is 5.24. The fourth-order valence-electron chi connectivity index (χ4n) is 1.93. The number of amides is 1. The molecular formula is C13H14N2O4. The van der Waals surface area contributed by atoms with Crippen LogP contribution < -0.4 is 14.4 Å². The molecule has 0 aromatic heterocycles. The second-order valence-corrected chi connectivity index (χ2v) is 3.96. The molecule has 0 radical (unpaired) electrons. The van der Waals surface area contributed by atoms with Crippen LogP contribution in [0.5, 0.6) is 11.5 Å². The van der Waals surface area contributed by atoms with Gasteiger partial charge in [0.2, 0.25) is 0 Å². The first-order chi connectivity index (χ1) is 9.21. The molecule has 0 saturated carbocycles. The van der Waals surface area contributed by atoms with Crippen molar-refractivity contribution in [2.75, 3.05) is 24.7 Å². The van der Waals surface area contributed by atoms with Gasteiger partial charge >= 0.3 is 0 Å². The van der Waals surface area contributed by atoms with E-state index in [1.54, 1.807) is 12.1 Å². The molecule has 1 aliphatic rings. The molecule has 1 amide bonds. The molecule has 0 spiro atoms. The number of carbonyl (C=O) groups excluding carboxylic acids is 1. The number of aliphatic hydroxyl groups is 1. The second-order valence-electron chi connectivity index (χ2n) is 3.96. The van der Waals surface area contributed by atoms with E-state index in [9.17, 15) is 9.90 Å². The minimum atomic E-state index is -0.286. The zero-order valence-corrected chi connectivity index (χ0v) is 10.5. The average molecular weight is 262 g/mol. The Morgan fingerprint density at radius 1 is 1.58 bits per heavy atom. The van der Waals surface area contributed by atoms with E-state index in [1.807, 2.05) is 13.0 Å². The smallest absolute Gasteiger partial charge is 0.265 e. The lowest BCUT2D eigenvalue weighted by molar-refractivity contribution is -0.121. The third kappa shape index (κ3) is 2.46. The second kappa shape index (κ2) is 5.59. The number of fused-ring (bicyclic) bond motifs is 1. The molecule has 6 heteroatoms. The lowest BCUT2D eigenvalue weighted by atomic mass is 10.1. The summed E-state index contributed by atoms with van der Waals surface area (Å²) in [6.07, 6.45) is 0. The van der Waals surface area contributed by atoms with Crippen LogP contribution in [0, 0.1) is 11.3 Å². The molecule has 6 nitrogen and oxygen atoms in total. The van der Waals surface area contributed by atoms with Crippen LogP contribution in [-0.4, -0.2) is 30.8 Å². The highest BCUT2D eigenvalue weighted by molar-refractivity contribution is 5.99. The maximum Gasteiger partial charge on any atom is 0.265 e. The normalized spacial score (nSPS) is 13.5. The molecule has 0 atom stereocenters. The zero-order valence-electron chi connectivity index (χ0n) is 10.5. The predicted molar refractivity (Wildman–Crippen MR) is 67.0 cm³/mol. The maximum atomic E-state index is 11.8. The van der Waals surface area contributed by atoms with Gasteiger partial charge in [-0.15, -0.1) is 0 Å². The van der Waals surface area contributed by atoms with Crippen LogP contribution in [0.1, 0.15) is 12.5 Å². The van der Waals surface area contributed by atoms with Crippen molar-refractivity contribution in [2.45, 2.75) is 13.5 Å². The van der Waals surface area contributed by atoms with Crippen LogP contribution >= 0.6 is 0 Å². The number of anilines is 1. The number of ether oxygens (including phenoxy) is 2. The number of nitrogens with zero attached hydrogens (tertiary/aromatic N) is 2. The Balaban J connectivity index is 2.53. The van der Waals surface area contributed by atoms with Crippen molar-refractivity contribution < 1.29 is 19.4 Å². The molecule has 1 aliphatic heterocycles. The van der Waals surface area contributed by atoms with E-state index in [0.29, 0.717) is 29.4 Å². The van der Waals surface area contributed by atoms with Crippen LogP contribution in [0.2, 0.25) is 0 Å². The SMILES string of the molecule is CCOc1cc(CO)cc2c1OCC(=O)N2CC#N. The highest BCUT2D eigenvalue weighted by Gasteiger charge is 2.28. The van der Waals surface area contributed by atoms with Gasteiger partial charge in [-0.2, -0.15) is 5.26 Å². The average Bonchev–Trinajstić information content (AvgIpc) is 2.42. The van der Waals surface area contributed by atoms with Crippen LogP contribution in [-0.2, 0) is 11.4 Å². The zero-order chi connectivity index (χ0) is 13.8. The Hall–Kier alpha value is -2.26. The number of aliphatic hydroxyl groups excluding tert-OH is 1. The first kappa shape index (κ1) is 13.2. The molecule has 1 heterocycles. The van der Waals surface area contributed by atoms with E-state index in [0.717, 1.165) is 0 Å². The van der Waals surface area contributed by atoms with Gasteiger partial charge in [0.1, 0.15) is 6.54 Å². The molecule has 0 saturated heterocycles. The molecule has 1 aromatic carbocycles. The maximum absolute atomic E-state index is 11.8. The van der Waals surface area contributed by atoms with Gasteiger partial charge in [-0.3, -0.25) is 9.69 Å². The van der Waals surface area contributed by atoms with Gasteiger partial charge in [0.25, 0.3) is 5.91 Å². The Bertz CT molecular complexity index is 536. The predicted octanol–water partition coefficient (Wildman–Crippen LogP) is 0.827. The molecule has 0 fully saturated rings. The minimum Gasteiger partial charge on any atom is -0.490 e. The van der Waals surface area contributed by atoms with Crippen LogP contribution in [0.25, 0.3) is 0 Å². The molecule has 100 valence electrons. The van der Waals surface area contributed by atoms with E-state index in [4.69, 9.17) is 14.7 Å². The Kier molecular flexibility index (Phi) is 3.88. The fraction of sp³-hybridized carbons (Fsp3) is 0.385. The molecule has 19 heavy (non-hydrogen) atoms. The number of hydrogen-bond acceptors (Lipinski definition) is 5. The summed E-state index contributed by atoms with van der Waals surface area (Å²) in [5.41, 5.74) is 1.07. The largest absolute Gasteiger partial charge is 0.490 e. The minimum absolute atomic E-state index is 0.0599. The van der Waals surface area contributed by atoms with Crippen LogP contribution in [0.4, 0.5) is 5.69 Å². The highest BCUT2D eigenvalue weighted by atomic mass is 16.5. The molecule has 0 bridgehead atoms. The highest BCUT2D eigenvalue weighted by Crippen LogP contribution is 2.41. The third-order valence-electron chi connectivity index (χ3n) is 2.74. The van der Waals surface area contributed by atoms with Gasteiger partial charge in [-0.1, -0.05) is 0 Å². The van der Waals surface area contributed by atoms with Crippen molar-refractivity contribution >= 4 is 11.6 Å². The van der Waals surface area contributed by atoms with Crippen molar-refractivity contribution in [1.29, 1.82) is 5.26 Å². The van der Waals surface area contributed by atoms with Gasteiger partial charge in [0.15, 0.2) is 18.1 Å². The fourth-order valence-corrected chi connectivity index (χ4v) is 1.93. The molecule has 0 unspecified atom stereocenters. The van der Waals surface area contributed by atoms with E-state index < -0.39 is 0 Å². The molecular weight excluding hydrogens is 248 g/mol. The molecule has 1 N–H and O–H groups in total. The number of rotatable bonds is 4.